The topological polar surface area (TPSA) is 57.2 Å². The molecule has 1 saturated carbocycles. The molecule has 0 bridgehead atoms. The van der Waals surface area contributed by atoms with Crippen LogP contribution in [0.5, 0.6) is 0 Å². The number of carbonyl (C=O) groups is 1. The molecule has 2 fully saturated rings. The Bertz CT molecular complexity index is 664. The smallest absolute Gasteiger partial charge is 0.253 e. The van der Waals surface area contributed by atoms with Gasteiger partial charge in [0.05, 0.1) is 13.2 Å². The largest absolute Gasteiger partial charge is 0.379 e. The number of nitrogens with zero attached hydrogens (tertiary/aromatic N) is 3. The average molecular weight is 401 g/mol. The molecule has 1 amide bonds. The number of nitrogens with one attached hydrogen (secondary N) is 1. The SMILES string of the molecule is CCNC(=NCc1ccc(C(=O)N2CCCCC2)cc1)N(C)CCOCC1CC1. The number of hydrogen-bond acceptors (Lipinski definition) is 3. The van der Waals surface area contributed by atoms with Crippen molar-refractivity contribution >= 4 is 11.9 Å². The van der Waals surface area contributed by atoms with Crippen LogP contribution in [0.15, 0.2) is 29.3 Å². The molecule has 1 aliphatic carbocycles. The number of benzene rings is 1. The van der Waals surface area contributed by atoms with Crippen LogP contribution in [0.2, 0.25) is 0 Å². The first kappa shape index (κ1) is 21.6. The highest BCUT2D eigenvalue weighted by molar-refractivity contribution is 5.94. The summed E-state index contributed by atoms with van der Waals surface area (Å²) in [4.78, 5) is 21.4. The number of likely N-dealkylation sites (tertiary alicyclic amines) is 1. The summed E-state index contributed by atoms with van der Waals surface area (Å²) in [5.41, 5.74) is 1.88. The van der Waals surface area contributed by atoms with Crippen LogP contribution in [0, 0.1) is 5.92 Å². The van der Waals surface area contributed by atoms with E-state index < -0.39 is 0 Å². The second kappa shape index (κ2) is 11.2. The Hall–Kier alpha value is -2.08. The first-order chi connectivity index (χ1) is 14.2. The van der Waals surface area contributed by atoms with Crippen molar-refractivity contribution in [3.05, 3.63) is 35.4 Å². The Balaban J connectivity index is 1.50. The van der Waals surface area contributed by atoms with Gasteiger partial charge in [0, 0.05) is 45.4 Å². The highest BCUT2D eigenvalue weighted by atomic mass is 16.5. The lowest BCUT2D eigenvalue weighted by atomic mass is 10.1. The zero-order valence-electron chi connectivity index (χ0n) is 18.0. The minimum Gasteiger partial charge on any atom is -0.379 e. The van der Waals surface area contributed by atoms with Crippen LogP contribution in [0.4, 0.5) is 0 Å². The van der Waals surface area contributed by atoms with Gasteiger partial charge in [-0.05, 0) is 62.6 Å². The summed E-state index contributed by atoms with van der Waals surface area (Å²) in [5, 5.41) is 3.35. The fraction of sp³-hybridized carbons (Fsp3) is 0.652. The number of carbonyl (C=O) groups excluding carboxylic acids is 1. The van der Waals surface area contributed by atoms with E-state index in [2.05, 4.69) is 17.1 Å². The number of amides is 1. The molecule has 1 heterocycles. The third-order valence-electron chi connectivity index (χ3n) is 5.57. The van der Waals surface area contributed by atoms with Crippen molar-refractivity contribution in [1.29, 1.82) is 0 Å². The molecule has 3 rings (SSSR count). The van der Waals surface area contributed by atoms with Crippen LogP contribution in [0.3, 0.4) is 0 Å². The molecule has 29 heavy (non-hydrogen) atoms. The number of aliphatic imine (C=N–C) groups is 1. The van der Waals surface area contributed by atoms with E-state index in [0.29, 0.717) is 6.54 Å². The number of likely N-dealkylation sites (N-methyl/N-ethyl adjacent to an activating group) is 1. The van der Waals surface area contributed by atoms with E-state index >= 15 is 0 Å². The fourth-order valence-corrected chi connectivity index (χ4v) is 3.51. The lowest BCUT2D eigenvalue weighted by molar-refractivity contribution is 0.0724. The normalized spacial score (nSPS) is 17.3. The number of hydrogen-bond donors (Lipinski definition) is 1. The summed E-state index contributed by atoms with van der Waals surface area (Å²) in [6, 6.07) is 7.90. The quantitative estimate of drug-likeness (QED) is 0.393. The lowest BCUT2D eigenvalue weighted by Crippen LogP contribution is -2.40. The van der Waals surface area contributed by atoms with Gasteiger partial charge in [0.1, 0.15) is 0 Å². The fourth-order valence-electron chi connectivity index (χ4n) is 3.51. The van der Waals surface area contributed by atoms with Gasteiger partial charge in [0.2, 0.25) is 0 Å². The zero-order valence-corrected chi connectivity index (χ0v) is 18.0. The molecule has 6 heteroatoms. The van der Waals surface area contributed by atoms with Gasteiger partial charge in [-0.3, -0.25) is 4.79 Å². The molecule has 1 N–H and O–H groups in total. The van der Waals surface area contributed by atoms with Crippen molar-refractivity contribution < 1.29 is 9.53 Å². The molecule has 0 aromatic heterocycles. The van der Waals surface area contributed by atoms with Gasteiger partial charge in [-0.25, -0.2) is 4.99 Å². The third kappa shape index (κ3) is 7.03. The summed E-state index contributed by atoms with van der Waals surface area (Å²) >= 11 is 0. The van der Waals surface area contributed by atoms with Crippen molar-refractivity contribution in [1.82, 2.24) is 15.1 Å². The van der Waals surface area contributed by atoms with Gasteiger partial charge in [0.15, 0.2) is 5.96 Å². The van der Waals surface area contributed by atoms with E-state index in [9.17, 15) is 4.79 Å². The van der Waals surface area contributed by atoms with Crippen LogP contribution >= 0.6 is 0 Å². The number of ether oxygens (including phenoxy) is 1. The lowest BCUT2D eigenvalue weighted by Gasteiger charge is -2.26. The summed E-state index contributed by atoms with van der Waals surface area (Å²) < 4.78 is 5.74. The molecule has 0 radical (unpaired) electrons. The standard InChI is InChI=1S/C23H36N4O2/c1-3-24-23(26(2)15-16-29-18-20-7-8-20)25-17-19-9-11-21(12-10-19)22(28)27-13-5-4-6-14-27/h9-12,20H,3-8,13-18H2,1-2H3,(H,24,25). The Morgan fingerprint density at radius 2 is 1.93 bits per heavy atom. The number of rotatable bonds is 9. The van der Waals surface area contributed by atoms with Gasteiger partial charge in [0.25, 0.3) is 5.91 Å². The van der Waals surface area contributed by atoms with Crippen molar-refractivity contribution in [3.8, 4) is 0 Å². The molecule has 1 aliphatic heterocycles. The second-order valence-corrected chi connectivity index (χ2v) is 8.16. The van der Waals surface area contributed by atoms with E-state index in [1.54, 1.807) is 0 Å². The summed E-state index contributed by atoms with van der Waals surface area (Å²) in [6.07, 6.45) is 6.11. The number of guanidine groups is 1. The van der Waals surface area contributed by atoms with Gasteiger partial charge in [-0.15, -0.1) is 0 Å². The van der Waals surface area contributed by atoms with E-state index in [4.69, 9.17) is 9.73 Å². The van der Waals surface area contributed by atoms with Crippen LogP contribution in [0.25, 0.3) is 0 Å². The van der Waals surface area contributed by atoms with Gasteiger partial charge in [-0.2, -0.15) is 0 Å². The van der Waals surface area contributed by atoms with Gasteiger partial charge < -0.3 is 19.9 Å². The molecule has 160 valence electrons. The van der Waals surface area contributed by atoms with E-state index in [-0.39, 0.29) is 5.91 Å². The third-order valence-corrected chi connectivity index (χ3v) is 5.57. The predicted molar refractivity (Wildman–Crippen MR) is 117 cm³/mol. The minimum atomic E-state index is 0.152. The van der Waals surface area contributed by atoms with Gasteiger partial charge in [-0.1, -0.05) is 12.1 Å². The molecule has 0 atom stereocenters. The zero-order chi connectivity index (χ0) is 20.5. The molecule has 0 unspecified atom stereocenters. The molecular weight excluding hydrogens is 364 g/mol. The first-order valence-corrected chi connectivity index (χ1v) is 11.1. The Kier molecular flexibility index (Phi) is 8.35. The minimum absolute atomic E-state index is 0.152. The molecular formula is C23H36N4O2. The summed E-state index contributed by atoms with van der Waals surface area (Å²) in [5.74, 6) is 1.84. The van der Waals surface area contributed by atoms with Crippen LogP contribution in [-0.4, -0.2) is 68.1 Å². The van der Waals surface area contributed by atoms with Crippen LogP contribution < -0.4 is 5.32 Å². The maximum absolute atomic E-state index is 12.6. The summed E-state index contributed by atoms with van der Waals surface area (Å²) in [7, 11) is 2.04. The van der Waals surface area contributed by atoms with Crippen molar-refractivity contribution in [2.45, 2.75) is 45.6 Å². The predicted octanol–water partition coefficient (Wildman–Crippen LogP) is 3.14. The van der Waals surface area contributed by atoms with Crippen LogP contribution in [-0.2, 0) is 11.3 Å². The molecule has 0 spiro atoms. The van der Waals surface area contributed by atoms with Crippen molar-refractivity contribution in [2.75, 3.05) is 46.4 Å². The summed E-state index contributed by atoms with van der Waals surface area (Å²) in [6.45, 7) is 7.70. The van der Waals surface area contributed by atoms with Crippen LogP contribution in [0.1, 0.15) is 54.9 Å². The molecule has 1 aromatic rings. The van der Waals surface area contributed by atoms with E-state index in [1.807, 2.05) is 36.2 Å². The maximum Gasteiger partial charge on any atom is 0.253 e. The van der Waals surface area contributed by atoms with E-state index in [0.717, 1.165) is 75.2 Å². The number of piperidine rings is 1. The molecule has 1 aromatic carbocycles. The first-order valence-electron chi connectivity index (χ1n) is 11.1. The monoisotopic (exact) mass is 400 g/mol. The molecule has 1 saturated heterocycles. The Labute approximate surface area is 175 Å². The Morgan fingerprint density at radius 3 is 2.59 bits per heavy atom. The second-order valence-electron chi connectivity index (χ2n) is 8.16. The van der Waals surface area contributed by atoms with Crippen molar-refractivity contribution in [2.24, 2.45) is 10.9 Å². The molecule has 6 nitrogen and oxygen atoms in total. The van der Waals surface area contributed by atoms with E-state index in [1.165, 1.54) is 19.3 Å². The molecule has 2 aliphatic rings. The highest BCUT2D eigenvalue weighted by Gasteiger charge is 2.21. The van der Waals surface area contributed by atoms with Gasteiger partial charge >= 0.3 is 0 Å². The highest BCUT2D eigenvalue weighted by Crippen LogP contribution is 2.28. The van der Waals surface area contributed by atoms with Crippen molar-refractivity contribution in [3.63, 3.8) is 0 Å². The average Bonchev–Trinajstić information content (AvgIpc) is 3.59. The maximum atomic E-state index is 12.6. The Morgan fingerprint density at radius 1 is 1.21 bits per heavy atom.